The van der Waals surface area contributed by atoms with E-state index in [0.29, 0.717) is 5.41 Å². The second-order valence-electron chi connectivity index (χ2n) is 5.05. The number of methoxy groups -OCH3 is 1. The first-order valence-corrected chi connectivity index (χ1v) is 6.23. The topological polar surface area (TPSA) is 21.3 Å². The highest BCUT2D eigenvalue weighted by Gasteiger charge is 2.39. The van der Waals surface area contributed by atoms with Crippen LogP contribution in [0.25, 0.3) is 0 Å². The molecule has 0 aromatic heterocycles. The second-order valence-corrected chi connectivity index (χ2v) is 5.05. The minimum Gasteiger partial charge on any atom is -0.496 e. The van der Waals surface area contributed by atoms with Crippen LogP contribution in [0.15, 0.2) is 18.2 Å². The number of ether oxygens (including phenoxy) is 1. The lowest BCUT2D eigenvalue weighted by Crippen LogP contribution is -2.33. The third-order valence-electron chi connectivity index (χ3n) is 4.25. The van der Waals surface area contributed by atoms with Crippen molar-refractivity contribution in [3.05, 3.63) is 29.3 Å². The predicted molar refractivity (Wildman–Crippen MR) is 65.1 cm³/mol. The number of hydrogen-bond acceptors (Lipinski definition) is 2. The molecule has 1 aromatic carbocycles. The molecule has 16 heavy (non-hydrogen) atoms. The summed E-state index contributed by atoms with van der Waals surface area (Å²) >= 11 is 0. The maximum Gasteiger partial charge on any atom is 0.122 e. The van der Waals surface area contributed by atoms with Crippen LogP contribution in [0.3, 0.4) is 0 Å². The molecule has 2 heteroatoms. The predicted octanol–water partition coefficient (Wildman–Crippen LogP) is 2.26. The molecule has 86 valence electrons. The molecule has 2 nitrogen and oxygen atoms in total. The van der Waals surface area contributed by atoms with Crippen molar-refractivity contribution in [1.82, 2.24) is 5.32 Å². The quantitative estimate of drug-likeness (QED) is 0.779. The van der Waals surface area contributed by atoms with E-state index in [9.17, 15) is 0 Å². The molecule has 1 heterocycles. The van der Waals surface area contributed by atoms with Crippen molar-refractivity contribution < 1.29 is 4.74 Å². The monoisotopic (exact) mass is 217 g/mol. The molecule has 0 radical (unpaired) electrons. The van der Waals surface area contributed by atoms with Gasteiger partial charge in [0.15, 0.2) is 0 Å². The van der Waals surface area contributed by atoms with E-state index in [1.807, 2.05) is 0 Å². The number of nitrogens with one attached hydrogen (secondary N) is 1. The highest BCUT2D eigenvalue weighted by molar-refractivity contribution is 5.46. The van der Waals surface area contributed by atoms with E-state index in [4.69, 9.17) is 4.74 Å². The van der Waals surface area contributed by atoms with Gasteiger partial charge in [0.2, 0.25) is 0 Å². The van der Waals surface area contributed by atoms with Crippen LogP contribution in [-0.2, 0) is 11.8 Å². The Hall–Kier alpha value is -1.02. The summed E-state index contributed by atoms with van der Waals surface area (Å²) in [5.41, 5.74) is 3.41. The average Bonchev–Trinajstić information content (AvgIpc) is 2.78. The van der Waals surface area contributed by atoms with Crippen LogP contribution in [0.1, 0.15) is 30.4 Å². The van der Waals surface area contributed by atoms with Crippen LogP contribution >= 0.6 is 0 Å². The summed E-state index contributed by atoms with van der Waals surface area (Å²) in [5, 5.41) is 3.52. The van der Waals surface area contributed by atoms with Crippen LogP contribution in [0.4, 0.5) is 0 Å². The van der Waals surface area contributed by atoms with Crippen LogP contribution < -0.4 is 10.1 Å². The van der Waals surface area contributed by atoms with Crippen LogP contribution in [0.2, 0.25) is 0 Å². The van der Waals surface area contributed by atoms with Crippen LogP contribution in [-0.4, -0.2) is 20.2 Å². The van der Waals surface area contributed by atoms with E-state index < -0.39 is 0 Å². The van der Waals surface area contributed by atoms with Crippen molar-refractivity contribution in [2.75, 3.05) is 20.2 Å². The van der Waals surface area contributed by atoms with Gasteiger partial charge in [-0.05, 0) is 49.4 Å². The molecule has 1 saturated heterocycles. The van der Waals surface area contributed by atoms with E-state index in [-0.39, 0.29) is 0 Å². The Kier molecular flexibility index (Phi) is 2.40. The molecular weight excluding hydrogens is 198 g/mol. The first-order chi connectivity index (χ1) is 7.86. The third kappa shape index (κ3) is 1.36. The van der Waals surface area contributed by atoms with Gasteiger partial charge in [-0.25, -0.2) is 0 Å². The van der Waals surface area contributed by atoms with Crippen LogP contribution in [0, 0.1) is 0 Å². The zero-order valence-corrected chi connectivity index (χ0v) is 9.88. The lowest BCUT2D eigenvalue weighted by molar-refractivity contribution is 0.369. The molecule has 0 amide bonds. The van der Waals surface area contributed by atoms with Gasteiger partial charge in [-0.3, -0.25) is 0 Å². The maximum absolute atomic E-state index is 5.49. The normalized spacial score (nSPS) is 28.1. The standard InChI is InChI=1S/C14H19NO/c1-16-13-6-2-5-12-11(13)4-3-7-14(12)8-9-15-10-14/h2,5-6,15H,3-4,7-10H2,1H3/t14-/m1/s1. The zero-order chi connectivity index (χ0) is 11.0. The molecule has 0 bridgehead atoms. The van der Waals surface area contributed by atoms with Gasteiger partial charge in [0, 0.05) is 12.0 Å². The molecule has 0 saturated carbocycles. The van der Waals surface area contributed by atoms with Crippen molar-refractivity contribution in [3.63, 3.8) is 0 Å². The lowest BCUT2D eigenvalue weighted by Gasteiger charge is -2.35. The Bertz CT molecular complexity index is 394. The largest absolute Gasteiger partial charge is 0.496 e. The molecule has 1 aromatic rings. The Balaban J connectivity index is 2.11. The third-order valence-corrected chi connectivity index (χ3v) is 4.25. The molecule has 1 spiro atoms. The summed E-state index contributed by atoms with van der Waals surface area (Å²) in [6.07, 6.45) is 5.10. The van der Waals surface area contributed by atoms with Gasteiger partial charge in [0.25, 0.3) is 0 Å². The van der Waals surface area contributed by atoms with Crippen LogP contribution in [0.5, 0.6) is 5.75 Å². The fraction of sp³-hybridized carbons (Fsp3) is 0.571. The maximum atomic E-state index is 5.49. The van der Waals surface area contributed by atoms with Gasteiger partial charge >= 0.3 is 0 Å². The van der Waals surface area contributed by atoms with E-state index in [2.05, 4.69) is 23.5 Å². The Morgan fingerprint density at radius 1 is 1.31 bits per heavy atom. The molecule has 0 unspecified atom stereocenters. The fourth-order valence-electron chi connectivity index (χ4n) is 3.44. The SMILES string of the molecule is COc1cccc2c1CCC[C@]21CCNC1. The van der Waals surface area contributed by atoms with Crippen molar-refractivity contribution in [3.8, 4) is 5.75 Å². The molecule has 3 rings (SSSR count). The summed E-state index contributed by atoms with van der Waals surface area (Å²) < 4.78 is 5.49. The summed E-state index contributed by atoms with van der Waals surface area (Å²) in [5.74, 6) is 1.09. The molecule has 1 aliphatic heterocycles. The fourth-order valence-corrected chi connectivity index (χ4v) is 3.44. The number of rotatable bonds is 1. The summed E-state index contributed by atoms with van der Waals surface area (Å²) in [7, 11) is 1.78. The van der Waals surface area contributed by atoms with Gasteiger partial charge in [0.1, 0.15) is 5.75 Å². The number of hydrogen-bond donors (Lipinski definition) is 1. The van der Waals surface area contributed by atoms with Crippen molar-refractivity contribution >= 4 is 0 Å². The molecular formula is C14H19NO. The second kappa shape index (κ2) is 3.77. The molecule has 1 fully saturated rings. The van der Waals surface area contributed by atoms with Gasteiger partial charge < -0.3 is 10.1 Å². The van der Waals surface area contributed by atoms with Crippen molar-refractivity contribution in [2.45, 2.75) is 31.1 Å². The Morgan fingerprint density at radius 2 is 2.25 bits per heavy atom. The summed E-state index contributed by atoms with van der Waals surface area (Å²) in [6, 6.07) is 6.55. The Morgan fingerprint density at radius 3 is 3.00 bits per heavy atom. The van der Waals surface area contributed by atoms with E-state index in [1.165, 1.54) is 31.2 Å². The van der Waals surface area contributed by atoms with Gasteiger partial charge in [-0.1, -0.05) is 12.1 Å². The number of benzene rings is 1. The van der Waals surface area contributed by atoms with E-state index >= 15 is 0 Å². The minimum absolute atomic E-state index is 0.405. The van der Waals surface area contributed by atoms with Crippen molar-refractivity contribution in [2.24, 2.45) is 0 Å². The van der Waals surface area contributed by atoms with Gasteiger partial charge in [-0.15, -0.1) is 0 Å². The first kappa shape index (κ1) is 10.2. The lowest BCUT2D eigenvalue weighted by atomic mass is 9.69. The van der Waals surface area contributed by atoms with Crippen molar-refractivity contribution in [1.29, 1.82) is 0 Å². The summed E-state index contributed by atoms with van der Waals surface area (Å²) in [4.78, 5) is 0. The minimum atomic E-state index is 0.405. The molecule has 1 N–H and O–H groups in total. The highest BCUT2D eigenvalue weighted by Crippen LogP contribution is 2.44. The van der Waals surface area contributed by atoms with Gasteiger partial charge in [0.05, 0.1) is 7.11 Å². The first-order valence-electron chi connectivity index (χ1n) is 6.23. The average molecular weight is 217 g/mol. The molecule has 1 aliphatic carbocycles. The van der Waals surface area contributed by atoms with E-state index in [0.717, 1.165) is 18.8 Å². The number of fused-ring (bicyclic) bond motifs is 2. The smallest absolute Gasteiger partial charge is 0.122 e. The molecule has 2 aliphatic rings. The Labute approximate surface area is 97.0 Å². The summed E-state index contributed by atoms with van der Waals surface area (Å²) in [6.45, 7) is 2.31. The van der Waals surface area contributed by atoms with E-state index in [1.54, 1.807) is 12.7 Å². The zero-order valence-electron chi connectivity index (χ0n) is 9.88. The highest BCUT2D eigenvalue weighted by atomic mass is 16.5. The van der Waals surface area contributed by atoms with Gasteiger partial charge in [-0.2, -0.15) is 0 Å². The molecule has 1 atom stereocenters.